The third-order valence-electron chi connectivity index (χ3n) is 4.15. The number of aromatic nitrogens is 1. The van der Waals surface area contributed by atoms with Gasteiger partial charge in [-0.1, -0.05) is 6.92 Å². The van der Waals surface area contributed by atoms with E-state index < -0.39 is 10.0 Å². The number of sulfonamides is 1. The van der Waals surface area contributed by atoms with Crippen molar-refractivity contribution in [3.8, 4) is 0 Å². The van der Waals surface area contributed by atoms with E-state index in [4.69, 9.17) is 0 Å². The van der Waals surface area contributed by atoms with Gasteiger partial charge in [0.1, 0.15) is 0 Å². The summed E-state index contributed by atoms with van der Waals surface area (Å²) in [6.45, 7) is 13.4. The maximum atomic E-state index is 12.4. The van der Waals surface area contributed by atoms with Crippen LogP contribution in [0.3, 0.4) is 0 Å². The summed E-state index contributed by atoms with van der Waals surface area (Å²) in [5.41, 5.74) is 0.583. The molecule has 1 saturated heterocycles. The van der Waals surface area contributed by atoms with Gasteiger partial charge in [0.15, 0.2) is 4.21 Å². The SMILES string of the molecule is CCN1CCN(C(C)CNS(=O)(=O)c2sc(C)nc2C)CC1. The van der Waals surface area contributed by atoms with Crippen molar-refractivity contribution in [2.75, 3.05) is 39.3 Å². The lowest BCUT2D eigenvalue weighted by atomic mass is 10.2. The van der Waals surface area contributed by atoms with Crippen molar-refractivity contribution in [2.24, 2.45) is 0 Å². The third kappa shape index (κ3) is 4.26. The van der Waals surface area contributed by atoms with E-state index in [2.05, 4.69) is 33.4 Å². The lowest BCUT2D eigenvalue weighted by molar-refractivity contribution is 0.107. The minimum atomic E-state index is -3.45. The number of rotatable bonds is 6. The third-order valence-corrected chi connectivity index (χ3v) is 7.26. The molecule has 126 valence electrons. The van der Waals surface area contributed by atoms with Crippen LogP contribution in [0.1, 0.15) is 24.5 Å². The lowest BCUT2D eigenvalue weighted by Gasteiger charge is -2.37. The van der Waals surface area contributed by atoms with Crippen LogP contribution < -0.4 is 4.72 Å². The molecule has 1 N–H and O–H groups in total. The van der Waals surface area contributed by atoms with Crippen LogP contribution in [0.25, 0.3) is 0 Å². The second-order valence-corrected chi connectivity index (χ2v) is 8.94. The fraction of sp³-hybridized carbons (Fsp3) is 0.786. The van der Waals surface area contributed by atoms with Gasteiger partial charge in [0.2, 0.25) is 0 Å². The minimum absolute atomic E-state index is 0.197. The summed E-state index contributed by atoms with van der Waals surface area (Å²) in [4.78, 5) is 8.96. The monoisotopic (exact) mass is 346 g/mol. The molecule has 0 bridgehead atoms. The summed E-state index contributed by atoms with van der Waals surface area (Å²) in [5, 5.41) is 0.779. The molecular formula is C14H26N4O2S2. The molecule has 0 radical (unpaired) electrons. The molecule has 1 aromatic rings. The normalized spacial score (nSPS) is 19.5. The molecule has 8 heteroatoms. The highest BCUT2D eigenvalue weighted by Crippen LogP contribution is 2.22. The van der Waals surface area contributed by atoms with Gasteiger partial charge in [0.25, 0.3) is 10.0 Å². The molecule has 1 aliphatic heterocycles. The average molecular weight is 347 g/mol. The maximum absolute atomic E-state index is 12.4. The Labute approximate surface area is 137 Å². The van der Waals surface area contributed by atoms with E-state index in [1.807, 2.05) is 6.92 Å². The highest BCUT2D eigenvalue weighted by Gasteiger charge is 2.24. The Morgan fingerprint density at radius 3 is 2.41 bits per heavy atom. The molecule has 22 heavy (non-hydrogen) atoms. The van der Waals surface area contributed by atoms with Crippen molar-refractivity contribution < 1.29 is 8.42 Å². The zero-order valence-electron chi connectivity index (χ0n) is 13.8. The van der Waals surface area contributed by atoms with Crippen LogP contribution in [-0.2, 0) is 10.0 Å². The second-order valence-electron chi connectivity index (χ2n) is 5.78. The molecule has 2 rings (SSSR count). The van der Waals surface area contributed by atoms with Crippen LogP contribution in [0.2, 0.25) is 0 Å². The quantitative estimate of drug-likeness (QED) is 0.834. The van der Waals surface area contributed by atoms with Crippen molar-refractivity contribution in [3.05, 3.63) is 10.7 Å². The zero-order chi connectivity index (χ0) is 16.3. The number of hydrogen-bond acceptors (Lipinski definition) is 6. The first kappa shape index (κ1) is 17.8. The molecule has 1 atom stereocenters. The van der Waals surface area contributed by atoms with Crippen LogP contribution in [0.4, 0.5) is 0 Å². The molecule has 0 aliphatic carbocycles. The summed E-state index contributed by atoms with van der Waals surface area (Å²) in [6, 6.07) is 0.197. The van der Waals surface area contributed by atoms with Crippen LogP contribution >= 0.6 is 11.3 Å². The molecule has 0 amide bonds. The Kier molecular flexibility index (Phi) is 5.95. The van der Waals surface area contributed by atoms with Crippen LogP contribution in [-0.4, -0.2) is 68.5 Å². The number of likely N-dealkylation sites (N-methyl/N-ethyl adjacent to an activating group) is 1. The van der Waals surface area contributed by atoms with Crippen molar-refractivity contribution in [3.63, 3.8) is 0 Å². The summed E-state index contributed by atoms with van der Waals surface area (Å²) < 4.78 is 27.8. The summed E-state index contributed by atoms with van der Waals surface area (Å²) in [6.07, 6.45) is 0. The molecule has 1 unspecified atom stereocenters. The average Bonchev–Trinajstić information content (AvgIpc) is 2.84. The number of hydrogen-bond donors (Lipinski definition) is 1. The molecule has 0 spiro atoms. The van der Waals surface area contributed by atoms with Gasteiger partial charge in [0, 0.05) is 38.8 Å². The molecular weight excluding hydrogens is 320 g/mol. The van der Waals surface area contributed by atoms with Crippen molar-refractivity contribution >= 4 is 21.4 Å². The van der Waals surface area contributed by atoms with Gasteiger partial charge < -0.3 is 4.90 Å². The fourth-order valence-corrected chi connectivity index (χ4v) is 5.36. The van der Waals surface area contributed by atoms with Gasteiger partial charge in [-0.05, 0) is 27.3 Å². The second kappa shape index (κ2) is 7.35. The predicted octanol–water partition coefficient (Wildman–Crippen LogP) is 1.06. The first-order valence-electron chi connectivity index (χ1n) is 7.73. The summed E-state index contributed by atoms with van der Waals surface area (Å²) in [7, 11) is -3.45. The number of thiazole rings is 1. The van der Waals surface area contributed by atoms with Gasteiger partial charge in [-0.25, -0.2) is 18.1 Å². The highest BCUT2D eigenvalue weighted by atomic mass is 32.2. The van der Waals surface area contributed by atoms with Crippen molar-refractivity contribution in [2.45, 2.75) is 37.9 Å². The molecule has 0 saturated carbocycles. The first-order valence-corrected chi connectivity index (χ1v) is 10.0. The van der Waals surface area contributed by atoms with E-state index in [-0.39, 0.29) is 6.04 Å². The molecule has 0 aromatic carbocycles. The summed E-state index contributed by atoms with van der Waals surface area (Å²) >= 11 is 1.23. The largest absolute Gasteiger partial charge is 0.301 e. The van der Waals surface area contributed by atoms with E-state index in [1.54, 1.807) is 6.92 Å². The maximum Gasteiger partial charge on any atom is 0.251 e. The molecule has 1 fully saturated rings. The van der Waals surface area contributed by atoms with Crippen molar-refractivity contribution in [1.29, 1.82) is 0 Å². The molecule has 1 aromatic heterocycles. The van der Waals surface area contributed by atoms with E-state index in [0.29, 0.717) is 16.4 Å². The zero-order valence-corrected chi connectivity index (χ0v) is 15.4. The number of nitrogens with one attached hydrogen (secondary N) is 1. The Bertz CT molecular complexity index is 592. The van der Waals surface area contributed by atoms with E-state index >= 15 is 0 Å². The Morgan fingerprint density at radius 2 is 1.91 bits per heavy atom. The van der Waals surface area contributed by atoms with Gasteiger partial charge in [-0.15, -0.1) is 11.3 Å². The standard InChI is InChI=1S/C14H26N4O2S2/c1-5-17-6-8-18(9-7-17)11(2)10-15-22(19,20)14-12(3)16-13(4)21-14/h11,15H,5-10H2,1-4H3. The molecule has 6 nitrogen and oxygen atoms in total. The predicted molar refractivity (Wildman–Crippen MR) is 89.9 cm³/mol. The molecule has 1 aliphatic rings. The van der Waals surface area contributed by atoms with E-state index in [0.717, 1.165) is 37.7 Å². The highest BCUT2D eigenvalue weighted by molar-refractivity contribution is 7.91. The Balaban J connectivity index is 1.90. The number of piperazine rings is 1. The van der Waals surface area contributed by atoms with E-state index in [1.165, 1.54) is 11.3 Å². The number of nitrogens with zero attached hydrogens (tertiary/aromatic N) is 3. The minimum Gasteiger partial charge on any atom is -0.301 e. The Hall–Kier alpha value is -0.540. The fourth-order valence-electron chi connectivity index (χ4n) is 2.71. The smallest absolute Gasteiger partial charge is 0.251 e. The first-order chi connectivity index (χ1) is 10.3. The number of aryl methyl sites for hydroxylation is 2. The summed E-state index contributed by atoms with van der Waals surface area (Å²) in [5.74, 6) is 0. The molecule has 2 heterocycles. The van der Waals surface area contributed by atoms with Gasteiger partial charge in [-0.2, -0.15) is 0 Å². The van der Waals surface area contributed by atoms with Gasteiger partial charge in [-0.3, -0.25) is 4.90 Å². The van der Waals surface area contributed by atoms with Crippen LogP contribution in [0.15, 0.2) is 4.21 Å². The van der Waals surface area contributed by atoms with Gasteiger partial charge >= 0.3 is 0 Å². The van der Waals surface area contributed by atoms with Gasteiger partial charge in [0.05, 0.1) is 10.7 Å². The van der Waals surface area contributed by atoms with Crippen LogP contribution in [0.5, 0.6) is 0 Å². The van der Waals surface area contributed by atoms with Crippen molar-refractivity contribution in [1.82, 2.24) is 19.5 Å². The Morgan fingerprint density at radius 1 is 1.27 bits per heavy atom. The van der Waals surface area contributed by atoms with Crippen LogP contribution in [0, 0.1) is 13.8 Å². The van der Waals surface area contributed by atoms with E-state index in [9.17, 15) is 8.42 Å². The lowest BCUT2D eigenvalue weighted by Crippen LogP contribution is -2.52. The topological polar surface area (TPSA) is 65.5 Å².